The second-order valence-electron chi connectivity index (χ2n) is 4.27. The summed E-state index contributed by atoms with van der Waals surface area (Å²) in [5.41, 5.74) is 1.06. The molecule has 5 nitrogen and oxygen atoms in total. The summed E-state index contributed by atoms with van der Waals surface area (Å²) >= 11 is 0. The van der Waals surface area contributed by atoms with Crippen LogP contribution in [0.15, 0.2) is 24.3 Å². The number of aliphatic hydroxyl groups is 2. The molecule has 5 heteroatoms. The van der Waals surface area contributed by atoms with Crippen LogP contribution in [0, 0.1) is 6.92 Å². The van der Waals surface area contributed by atoms with Gasteiger partial charge >= 0.3 is 0 Å². The number of para-hydroxylation sites is 1. The molecule has 0 bridgehead atoms. The molecule has 0 spiro atoms. The average Bonchev–Trinajstić information content (AvgIpc) is 2.42. The van der Waals surface area contributed by atoms with E-state index in [-0.39, 0.29) is 13.2 Å². The Morgan fingerprint density at radius 1 is 1.26 bits per heavy atom. The summed E-state index contributed by atoms with van der Waals surface area (Å²) in [5.74, 6) is 0.799. The van der Waals surface area contributed by atoms with Crippen LogP contribution >= 0.6 is 0 Å². The molecule has 0 saturated heterocycles. The highest BCUT2D eigenvalue weighted by Gasteiger charge is 2.05. The second kappa shape index (κ2) is 9.75. The van der Waals surface area contributed by atoms with E-state index in [0.29, 0.717) is 26.3 Å². The molecule has 0 fully saturated rings. The molecule has 0 unspecified atom stereocenters. The van der Waals surface area contributed by atoms with Crippen LogP contribution in [0.5, 0.6) is 5.75 Å². The van der Waals surface area contributed by atoms with Crippen LogP contribution in [-0.4, -0.2) is 55.8 Å². The van der Waals surface area contributed by atoms with E-state index in [4.69, 9.17) is 14.6 Å². The maximum absolute atomic E-state index is 9.74. The van der Waals surface area contributed by atoms with Crippen LogP contribution in [0.4, 0.5) is 0 Å². The Labute approximate surface area is 114 Å². The van der Waals surface area contributed by atoms with Crippen LogP contribution in [0.2, 0.25) is 0 Å². The zero-order valence-electron chi connectivity index (χ0n) is 11.3. The molecule has 3 N–H and O–H groups in total. The molecular weight excluding hydrogens is 246 g/mol. The Balaban J connectivity index is 2.08. The topological polar surface area (TPSA) is 71.0 Å². The van der Waals surface area contributed by atoms with E-state index in [0.717, 1.165) is 11.3 Å². The summed E-state index contributed by atoms with van der Waals surface area (Å²) in [4.78, 5) is 0. The molecule has 1 aromatic carbocycles. The van der Waals surface area contributed by atoms with Gasteiger partial charge in [0.05, 0.1) is 19.8 Å². The van der Waals surface area contributed by atoms with Crippen molar-refractivity contribution in [1.29, 1.82) is 0 Å². The maximum Gasteiger partial charge on any atom is 0.122 e. The lowest BCUT2D eigenvalue weighted by Gasteiger charge is -2.14. The molecule has 19 heavy (non-hydrogen) atoms. The smallest absolute Gasteiger partial charge is 0.122 e. The van der Waals surface area contributed by atoms with Crippen LogP contribution in [0.25, 0.3) is 0 Å². The highest BCUT2D eigenvalue weighted by Crippen LogP contribution is 2.16. The molecule has 0 aliphatic rings. The summed E-state index contributed by atoms with van der Waals surface area (Å²) in [5, 5.41) is 21.3. The van der Waals surface area contributed by atoms with Crippen molar-refractivity contribution in [2.75, 3.05) is 39.5 Å². The fraction of sp³-hybridized carbons (Fsp3) is 0.571. The van der Waals surface area contributed by atoms with Crippen molar-refractivity contribution in [3.8, 4) is 5.75 Å². The lowest BCUT2D eigenvalue weighted by Crippen LogP contribution is -2.33. The molecule has 1 atom stereocenters. The molecule has 0 radical (unpaired) electrons. The van der Waals surface area contributed by atoms with E-state index in [2.05, 4.69) is 5.32 Å². The summed E-state index contributed by atoms with van der Waals surface area (Å²) < 4.78 is 10.6. The van der Waals surface area contributed by atoms with E-state index < -0.39 is 6.10 Å². The van der Waals surface area contributed by atoms with Crippen molar-refractivity contribution in [1.82, 2.24) is 5.32 Å². The van der Waals surface area contributed by atoms with Gasteiger partial charge in [-0.15, -0.1) is 0 Å². The standard InChI is InChI=1S/C14H23NO4/c1-12-4-2-3-5-14(12)19-11-13(17)10-15-6-8-18-9-7-16/h2-5,13,15-17H,6-11H2,1H3/t13-/m0/s1. The Hall–Kier alpha value is -1.14. The van der Waals surface area contributed by atoms with Crippen molar-refractivity contribution in [3.63, 3.8) is 0 Å². The number of nitrogens with one attached hydrogen (secondary N) is 1. The lowest BCUT2D eigenvalue weighted by atomic mass is 10.2. The number of ether oxygens (including phenoxy) is 2. The Kier molecular flexibility index (Phi) is 8.16. The zero-order chi connectivity index (χ0) is 13.9. The fourth-order valence-corrected chi connectivity index (χ4v) is 1.54. The van der Waals surface area contributed by atoms with Crippen molar-refractivity contribution in [2.24, 2.45) is 0 Å². The number of hydrogen-bond donors (Lipinski definition) is 3. The predicted octanol–water partition coefficient (Wildman–Crippen LogP) is 0.333. The van der Waals surface area contributed by atoms with Gasteiger partial charge in [0.15, 0.2) is 0 Å². The Bertz CT molecular complexity index is 346. The van der Waals surface area contributed by atoms with Gasteiger partial charge in [0, 0.05) is 13.1 Å². The van der Waals surface area contributed by atoms with Gasteiger partial charge in [0.2, 0.25) is 0 Å². The molecule has 0 aliphatic heterocycles. The normalized spacial score (nSPS) is 12.4. The predicted molar refractivity (Wildman–Crippen MR) is 73.5 cm³/mol. The number of hydrogen-bond acceptors (Lipinski definition) is 5. The van der Waals surface area contributed by atoms with Gasteiger partial charge in [-0.25, -0.2) is 0 Å². The minimum atomic E-state index is -0.558. The van der Waals surface area contributed by atoms with Gasteiger partial charge in [0.1, 0.15) is 18.5 Å². The maximum atomic E-state index is 9.74. The molecule has 0 amide bonds. The number of rotatable bonds is 10. The van der Waals surface area contributed by atoms with Crippen LogP contribution in [0.1, 0.15) is 5.56 Å². The van der Waals surface area contributed by atoms with E-state index in [1.54, 1.807) is 0 Å². The van der Waals surface area contributed by atoms with E-state index in [1.807, 2.05) is 31.2 Å². The molecular formula is C14H23NO4. The van der Waals surface area contributed by atoms with Crippen LogP contribution < -0.4 is 10.1 Å². The SMILES string of the molecule is Cc1ccccc1OC[C@@H](O)CNCCOCCO. The third kappa shape index (κ3) is 7.12. The molecule has 0 aliphatic carbocycles. The first-order valence-electron chi connectivity index (χ1n) is 6.50. The Morgan fingerprint density at radius 3 is 2.79 bits per heavy atom. The molecule has 1 aromatic rings. The molecule has 0 aromatic heterocycles. The second-order valence-corrected chi connectivity index (χ2v) is 4.27. The molecule has 0 heterocycles. The van der Waals surface area contributed by atoms with Gasteiger partial charge in [-0.3, -0.25) is 0 Å². The first-order valence-corrected chi connectivity index (χ1v) is 6.50. The first-order chi connectivity index (χ1) is 9.24. The van der Waals surface area contributed by atoms with E-state index >= 15 is 0 Å². The van der Waals surface area contributed by atoms with Gasteiger partial charge in [0.25, 0.3) is 0 Å². The van der Waals surface area contributed by atoms with E-state index in [1.165, 1.54) is 0 Å². The summed E-state index contributed by atoms with van der Waals surface area (Å²) in [7, 11) is 0. The van der Waals surface area contributed by atoms with Crippen molar-refractivity contribution < 1.29 is 19.7 Å². The monoisotopic (exact) mass is 269 g/mol. The summed E-state index contributed by atoms with van der Waals surface area (Å²) in [6.07, 6.45) is -0.558. The largest absolute Gasteiger partial charge is 0.491 e. The van der Waals surface area contributed by atoms with Crippen molar-refractivity contribution in [2.45, 2.75) is 13.0 Å². The Morgan fingerprint density at radius 2 is 2.05 bits per heavy atom. The number of benzene rings is 1. The minimum absolute atomic E-state index is 0.0346. The third-order valence-corrected chi connectivity index (χ3v) is 2.56. The molecule has 108 valence electrons. The van der Waals surface area contributed by atoms with Gasteiger partial charge in [-0.05, 0) is 18.6 Å². The summed E-state index contributed by atoms with van der Waals surface area (Å²) in [6, 6.07) is 7.72. The van der Waals surface area contributed by atoms with Crippen molar-refractivity contribution >= 4 is 0 Å². The van der Waals surface area contributed by atoms with Gasteiger partial charge < -0.3 is 25.0 Å². The summed E-state index contributed by atoms with van der Waals surface area (Å²) in [6.45, 7) is 4.23. The number of aliphatic hydroxyl groups excluding tert-OH is 2. The molecule has 0 saturated carbocycles. The van der Waals surface area contributed by atoms with Crippen LogP contribution in [0.3, 0.4) is 0 Å². The van der Waals surface area contributed by atoms with E-state index in [9.17, 15) is 5.11 Å². The fourth-order valence-electron chi connectivity index (χ4n) is 1.54. The number of aryl methyl sites for hydroxylation is 1. The highest BCUT2D eigenvalue weighted by atomic mass is 16.5. The van der Waals surface area contributed by atoms with Gasteiger partial charge in [-0.1, -0.05) is 18.2 Å². The average molecular weight is 269 g/mol. The first kappa shape index (κ1) is 15.9. The van der Waals surface area contributed by atoms with Gasteiger partial charge in [-0.2, -0.15) is 0 Å². The van der Waals surface area contributed by atoms with Crippen LogP contribution in [-0.2, 0) is 4.74 Å². The quantitative estimate of drug-likeness (QED) is 0.534. The highest BCUT2D eigenvalue weighted by molar-refractivity contribution is 5.31. The lowest BCUT2D eigenvalue weighted by molar-refractivity contribution is 0.0841. The minimum Gasteiger partial charge on any atom is -0.491 e. The zero-order valence-corrected chi connectivity index (χ0v) is 11.3. The van der Waals surface area contributed by atoms with Crippen molar-refractivity contribution in [3.05, 3.63) is 29.8 Å². The third-order valence-electron chi connectivity index (χ3n) is 2.56. The molecule has 1 rings (SSSR count).